The van der Waals surface area contributed by atoms with Gasteiger partial charge in [-0.15, -0.1) is 0 Å². The summed E-state index contributed by atoms with van der Waals surface area (Å²) in [6.07, 6.45) is 2.46. The highest BCUT2D eigenvalue weighted by Crippen LogP contribution is 2.45. The monoisotopic (exact) mass is 243 g/mol. The molecule has 0 spiro atoms. The average molecular weight is 244 g/mol. The van der Waals surface area contributed by atoms with E-state index in [1.165, 1.54) is 0 Å². The third-order valence-corrected chi connectivity index (χ3v) is 3.40. The standard InChI is InChI=1S/C11H18ClN3O/c1-10(2)5-8(11(3,4)16-10)15-9(13)7(12)6-14-15/h6,8H,5,13H2,1-4H3. The second-order valence-electron chi connectivity index (χ2n) is 5.51. The zero-order chi connectivity index (χ0) is 12.1. The number of aromatic nitrogens is 2. The van der Waals surface area contributed by atoms with E-state index in [2.05, 4.69) is 32.8 Å². The van der Waals surface area contributed by atoms with Crippen LogP contribution in [0, 0.1) is 0 Å². The number of nitrogen functional groups attached to an aromatic ring is 1. The highest BCUT2D eigenvalue weighted by Gasteiger charge is 2.47. The van der Waals surface area contributed by atoms with E-state index in [9.17, 15) is 0 Å². The summed E-state index contributed by atoms with van der Waals surface area (Å²) in [7, 11) is 0. The zero-order valence-electron chi connectivity index (χ0n) is 10.1. The summed E-state index contributed by atoms with van der Waals surface area (Å²) in [5, 5.41) is 4.74. The lowest BCUT2D eigenvalue weighted by Crippen LogP contribution is -2.32. The Kier molecular flexibility index (Phi) is 2.48. The predicted octanol–water partition coefficient (Wildman–Crippen LogP) is 2.64. The molecule has 0 aliphatic carbocycles. The Bertz CT molecular complexity index is 411. The number of nitrogens with zero attached hydrogens (tertiary/aromatic N) is 2. The molecule has 1 aromatic rings. The molecule has 2 N–H and O–H groups in total. The van der Waals surface area contributed by atoms with Crippen molar-refractivity contribution in [3.8, 4) is 0 Å². The first-order valence-corrected chi connectivity index (χ1v) is 5.79. The Morgan fingerprint density at radius 1 is 1.50 bits per heavy atom. The molecule has 1 saturated heterocycles. The number of nitrogens with two attached hydrogens (primary N) is 1. The molecule has 0 aromatic carbocycles. The van der Waals surface area contributed by atoms with Gasteiger partial charge in [-0.1, -0.05) is 11.6 Å². The van der Waals surface area contributed by atoms with Gasteiger partial charge in [0.25, 0.3) is 0 Å². The Labute approximate surface area is 101 Å². The van der Waals surface area contributed by atoms with E-state index >= 15 is 0 Å². The van der Waals surface area contributed by atoms with Gasteiger partial charge in [0.15, 0.2) is 0 Å². The number of ether oxygens (including phenoxy) is 1. The Balaban J connectivity index is 2.38. The van der Waals surface area contributed by atoms with Gasteiger partial charge in [0, 0.05) is 6.42 Å². The quantitative estimate of drug-likeness (QED) is 0.825. The van der Waals surface area contributed by atoms with Crippen LogP contribution in [0.5, 0.6) is 0 Å². The van der Waals surface area contributed by atoms with E-state index in [1.807, 2.05) is 0 Å². The molecular weight excluding hydrogens is 226 g/mol. The molecule has 1 unspecified atom stereocenters. The smallest absolute Gasteiger partial charge is 0.141 e. The summed E-state index contributed by atoms with van der Waals surface area (Å²) in [5.74, 6) is 0.515. The van der Waals surface area contributed by atoms with Crippen LogP contribution in [0.1, 0.15) is 40.2 Å². The fourth-order valence-corrected chi connectivity index (χ4v) is 2.64. The highest BCUT2D eigenvalue weighted by molar-refractivity contribution is 6.32. The lowest BCUT2D eigenvalue weighted by atomic mass is 9.94. The number of hydrogen-bond acceptors (Lipinski definition) is 3. The Hall–Kier alpha value is -0.740. The van der Waals surface area contributed by atoms with Gasteiger partial charge in [-0.2, -0.15) is 5.10 Å². The SMILES string of the molecule is CC1(C)CC(n2ncc(Cl)c2N)C(C)(C)O1. The van der Waals surface area contributed by atoms with Crippen LogP contribution >= 0.6 is 11.6 Å². The van der Waals surface area contributed by atoms with Gasteiger partial charge in [-0.25, -0.2) is 4.68 Å². The van der Waals surface area contributed by atoms with Crippen LogP contribution in [0.2, 0.25) is 5.02 Å². The molecule has 90 valence electrons. The molecule has 1 fully saturated rings. The summed E-state index contributed by atoms with van der Waals surface area (Å²) >= 11 is 5.92. The lowest BCUT2D eigenvalue weighted by Gasteiger charge is -2.27. The fraction of sp³-hybridized carbons (Fsp3) is 0.727. The Morgan fingerprint density at radius 2 is 2.12 bits per heavy atom. The van der Waals surface area contributed by atoms with E-state index in [0.717, 1.165) is 6.42 Å². The normalized spacial score (nSPS) is 27.2. The largest absolute Gasteiger partial charge is 0.383 e. The third kappa shape index (κ3) is 1.80. The van der Waals surface area contributed by atoms with Crippen LogP contribution in [0.4, 0.5) is 5.82 Å². The van der Waals surface area contributed by atoms with E-state index in [0.29, 0.717) is 10.8 Å². The van der Waals surface area contributed by atoms with Crippen molar-refractivity contribution >= 4 is 17.4 Å². The zero-order valence-corrected chi connectivity index (χ0v) is 10.9. The molecule has 2 rings (SSSR count). The summed E-state index contributed by atoms with van der Waals surface area (Å²) in [5.41, 5.74) is 5.47. The second-order valence-corrected chi connectivity index (χ2v) is 5.91. The van der Waals surface area contributed by atoms with Crippen molar-refractivity contribution in [3.63, 3.8) is 0 Å². The maximum absolute atomic E-state index is 6.01. The van der Waals surface area contributed by atoms with Gasteiger partial charge in [-0.3, -0.25) is 0 Å². The molecule has 5 heteroatoms. The maximum Gasteiger partial charge on any atom is 0.141 e. The van der Waals surface area contributed by atoms with Crippen LogP contribution in [-0.2, 0) is 4.74 Å². The molecule has 1 aromatic heterocycles. The van der Waals surface area contributed by atoms with Crippen molar-refractivity contribution in [1.29, 1.82) is 0 Å². The molecule has 2 heterocycles. The first-order chi connectivity index (χ1) is 7.23. The topological polar surface area (TPSA) is 53.1 Å². The molecular formula is C11H18ClN3O. The lowest BCUT2D eigenvalue weighted by molar-refractivity contribution is -0.0735. The number of hydrogen-bond donors (Lipinski definition) is 1. The van der Waals surface area contributed by atoms with Crippen molar-refractivity contribution in [3.05, 3.63) is 11.2 Å². The minimum Gasteiger partial charge on any atom is -0.383 e. The molecule has 4 nitrogen and oxygen atoms in total. The van der Waals surface area contributed by atoms with Crippen molar-refractivity contribution in [2.45, 2.75) is 51.4 Å². The third-order valence-electron chi connectivity index (χ3n) is 3.11. The van der Waals surface area contributed by atoms with Crippen LogP contribution in [-0.4, -0.2) is 21.0 Å². The number of anilines is 1. The van der Waals surface area contributed by atoms with Gasteiger partial charge in [-0.05, 0) is 27.7 Å². The van der Waals surface area contributed by atoms with Crippen LogP contribution < -0.4 is 5.73 Å². The summed E-state index contributed by atoms with van der Waals surface area (Å²) in [6, 6.07) is 0.120. The molecule has 16 heavy (non-hydrogen) atoms. The van der Waals surface area contributed by atoms with Crippen LogP contribution in [0.3, 0.4) is 0 Å². The van der Waals surface area contributed by atoms with Gasteiger partial charge < -0.3 is 10.5 Å². The van der Waals surface area contributed by atoms with E-state index < -0.39 is 0 Å². The van der Waals surface area contributed by atoms with E-state index in [-0.39, 0.29) is 17.2 Å². The molecule has 1 aliphatic rings. The molecule has 0 radical (unpaired) electrons. The molecule has 0 saturated carbocycles. The number of rotatable bonds is 1. The van der Waals surface area contributed by atoms with E-state index in [1.54, 1.807) is 10.9 Å². The van der Waals surface area contributed by atoms with Crippen molar-refractivity contribution in [2.75, 3.05) is 5.73 Å². The van der Waals surface area contributed by atoms with Gasteiger partial charge in [0.2, 0.25) is 0 Å². The van der Waals surface area contributed by atoms with Crippen molar-refractivity contribution < 1.29 is 4.74 Å². The first-order valence-electron chi connectivity index (χ1n) is 5.42. The second kappa shape index (κ2) is 3.37. The molecule has 1 atom stereocenters. The van der Waals surface area contributed by atoms with Crippen LogP contribution in [0.15, 0.2) is 6.20 Å². The number of halogens is 1. The minimum absolute atomic E-state index is 0.120. The Morgan fingerprint density at radius 3 is 2.50 bits per heavy atom. The van der Waals surface area contributed by atoms with Crippen LogP contribution in [0.25, 0.3) is 0 Å². The highest BCUT2D eigenvalue weighted by atomic mass is 35.5. The summed E-state index contributed by atoms with van der Waals surface area (Å²) < 4.78 is 7.78. The fourth-order valence-electron chi connectivity index (χ4n) is 2.51. The summed E-state index contributed by atoms with van der Waals surface area (Å²) in [6.45, 7) is 8.27. The molecule has 0 amide bonds. The van der Waals surface area contributed by atoms with Crippen molar-refractivity contribution in [2.24, 2.45) is 0 Å². The van der Waals surface area contributed by atoms with Gasteiger partial charge in [0.1, 0.15) is 10.8 Å². The molecule has 0 bridgehead atoms. The van der Waals surface area contributed by atoms with Crippen molar-refractivity contribution in [1.82, 2.24) is 9.78 Å². The van der Waals surface area contributed by atoms with Gasteiger partial charge >= 0.3 is 0 Å². The minimum atomic E-state index is -0.285. The van der Waals surface area contributed by atoms with E-state index in [4.69, 9.17) is 22.1 Å². The average Bonchev–Trinajstić information content (AvgIpc) is 2.52. The molecule has 1 aliphatic heterocycles. The summed E-state index contributed by atoms with van der Waals surface area (Å²) in [4.78, 5) is 0. The predicted molar refractivity (Wildman–Crippen MR) is 64.5 cm³/mol. The first kappa shape index (κ1) is 11.7. The maximum atomic E-state index is 6.01. The van der Waals surface area contributed by atoms with Gasteiger partial charge in [0.05, 0.1) is 23.4 Å².